The van der Waals surface area contributed by atoms with Crippen molar-refractivity contribution in [2.75, 3.05) is 13.2 Å². The number of terminal acetylenes is 1. The minimum absolute atomic E-state index is 0.0348. The van der Waals surface area contributed by atoms with E-state index in [1.165, 1.54) is 5.57 Å². The van der Waals surface area contributed by atoms with Crippen LogP contribution in [0.15, 0.2) is 54.1 Å². The van der Waals surface area contributed by atoms with E-state index < -0.39 is 5.41 Å². The van der Waals surface area contributed by atoms with Crippen molar-refractivity contribution in [1.29, 1.82) is 0 Å². The molecule has 1 atom stereocenters. The Bertz CT molecular complexity index is 933. The molecule has 0 unspecified atom stereocenters. The average molecular weight is 435 g/mol. The smallest absolute Gasteiger partial charge is 0.338 e. The van der Waals surface area contributed by atoms with Crippen LogP contribution in [0, 0.1) is 29.6 Å². The van der Waals surface area contributed by atoms with E-state index >= 15 is 0 Å². The van der Waals surface area contributed by atoms with Gasteiger partial charge in [-0.05, 0) is 54.4 Å². The van der Waals surface area contributed by atoms with Crippen LogP contribution in [0.3, 0.4) is 0 Å². The van der Waals surface area contributed by atoms with Crippen molar-refractivity contribution in [3.8, 4) is 12.3 Å². The van der Waals surface area contributed by atoms with Gasteiger partial charge in [-0.2, -0.15) is 0 Å². The third kappa shape index (κ3) is 6.97. The van der Waals surface area contributed by atoms with Gasteiger partial charge in [-0.1, -0.05) is 75.7 Å². The van der Waals surface area contributed by atoms with Crippen LogP contribution >= 0.6 is 0 Å². The Morgan fingerprint density at radius 2 is 1.78 bits per heavy atom. The summed E-state index contributed by atoms with van der Waals surface area (Å²) in [5.41, 5.74) is 1.49. The Labute approximate surface area is 193 Å². The molecule has 2 rings (SSSR count). The number of rotatable bonds is 12. The summed E-state index contributed by atoms with van der Waals surface area (Å²) < 4.78 is 5.80. The summed E-state index contributed by atoms with van der Waals surface area (Å²) in [6, 6.07) is 13.4. The number of carbonyl (C=O) groups is 1. The number of hydrogen-bond acceptors (Lipinski definition) is 3. The second kappa shape index (κ2) is 12.5. The molecule has 2 aromatic rings. The molecule has 3 heteroatoms. The molecule has 0 aliphatic rings. The zero-order chi connectivity index (χ0) is 23.6. The van der Waals surface area contributed by atoms with Gasteiger partial charge >= 0.3 is 5.97 Å². The SMILES string of the molecule is C#CCCC[C@](CO)(CCC=C(C(C)C)C(C)C)COC(=O)c1cccc2ccccc12. The van der Waals surface area contributed by atoms with Gasteiger partial charge in [-0.15, -0.1) is 12.3 Å². The van der Waals surface area contributed by atoms with E-state index in [4.69, 9.17) is 11.2 Å². The monoisotopic (exact) mass is 434 g/mol. The summed E-state index contributed by atoms with van der Waals surface area (Å²) >= 11 is 0. The number of unbranched alkanes of at least 4 members (excludes halogenated alkanes) is 1. The molecule has 3 nitrogen and oxygen atoms in total. The third-order valence-electron chi connectivity index (χ3n) is 6.27. The van der Waals surface area contributed by atoms with Crippen LogP contribution in [-0.4, -0.2) is 24.3 Å². The number of esters is 1. The van der Waals surface area contributed by atoms with E-state index in [9.17, 15) is 9.90 Å². The number of allylic oxidation sites excluding steroid dienone is 2. The Hall–Kier alpha value is -2.57. The fraction of sp³-hybridized carbons (Fsp3) is 0.483. The molecular formula is C29H38O3. The molecule has 1 N–H and O–H groups in total. The highest BCUT2D eigenvalue weighted by Crippen LogP contribution is 2.33. The summed E-state index contributed by atoms with van der Waals surface area (Å²) in [6.07, 6.45) is 11.5. The van der Waals surface area contributed by atoms with Gasteiger partial charge in [0, 0.05) is 11.8 Å². The largest absolute Gasteiger partial charge is 0.461 e. The topological polar surface area (TPSA) is 46.5 Å². The number of ether oxygens (including phenoxy) is 1. The van der Waals surface area contributed by atoms with Gasteiger partial charge in [0.05, 0.1) is 18.8 Å². The first-order valence-electron chi connectivity index (χ1n) is 11.7. The maximum atomic E-state index is 13.0. The van der Waals surface area contributed by atoms with E-state index in [0.29, 0.717) is 23.8 Å². The van der Waals surface area contributed by atoms with E-state index in [-0.39, 0.29) is 19.2 Å². The Morgan fingerprint density at radius 1 is 1.09 bits per heavy atom. The molecule has 0 heterocycles. The first kappa shape index (κ1) is 25.7. The van der Waals surface area contributed by atoms with Crippen LogP contribution in [-0.2, 0) is 4.74 Å². The zero-order valence-corrected chi connectivity index (χ0v) is 20.1. The second-order valence-electron chi connectivity index (χ2n) is 9.37. The van der Waals surface area contributed by atoms with Crippen LogP contribution in [0.25, 0.3) is 10.8 Å². The molecule has 172 valence electrons. The van der Waals surface area contributed by atoms with Crippen LogP contribution in [0.2, 0.25) is 0 Å². The Kier molecular flexibility index (Phi) is 10.0. The minimum Gasteiger partial charge on any atom is -0.461 e. The molecule has 32 heavy (non-hydrogen) atoms. The number of carbonyl (C=O) groups excluding carboxylic acids is 1. The lowest BCUT2D eigenvalue weighted by atomic mass is 9.79. The molecule has 0 amide bonds. The van der Waals surface area contributed by atoms with Crippen LogP contribution in [0.1, 0.15) is 70.2 Å². The highest BCUT2D eigenvalue weighted by atomic mass is 16.5. The summed E-state index contributed by atoms with van der Waals surface area (Å²) in [7, 11) is 0. The van der Waals surface area contributed by atoms with Gasteiger partial charge in [0.2, 0.25) is 0 Å². The van der Waals surface area contributed by atoms with Gasteiger partial charge in [0.1, 0.15) is 0 Å². The molecule has 2 aromatic carbocycles. The lowest BCUT2D eigenvalue weighted by Crippen LogP contribution is -2.32. The number of aliphatic hydroxyl groups excluding tert-OH is 1. The summed E-state index contributed by atoms with van der Waals surface area (Å²) in [6.45, 7) is 9.00. The summed E-state index contributed by atoms with van der Waals surface area (Å²) in [5.74, 6) is 3.31. The van der Waals surface area contributed by atoms with Crippen LogP contribution in [0.4, 0.5) is 0 Å². The van der Waals surface area contributed by atoms with Gasteiger partial charge in [-0.25, -0.2) is 4.79 Å². The third-order valence-corrected chi connectivity index (χ3v) is 6.27. The fourth-order valence-corrected chi connectivity index (χ4v) is 4.42. The quantitative estimate of drug-likeness (QED) is 0.173. The van der Waals surface area contributed by atoms with Crippen molar-refractivity contribution in [3.63, 3.8) is 0 Å². The predicted octanol–water partition coefficient (Wildman–Crippen LogP) is 6.80. The van der Waals surface area contributed by atoms with Crippen molar-refractivity contribution < 1.29 is 14.6 Å². The maximum Gasteiger partial charge on any atom is 0.338 e. The highest BCUT2D eigenvalue weighted by molar-refractivity contribution is 6.04. The van der Waals surface area contributed by atoms with Crippen molar-refractivity contribution in [3.05, 3.63) is 59.7 Å². The first-order chi connectivity index (χ1) is 15.3. The summed E-state index contributed by atoms with van der Waals surface area (Å²) in [5, 5.41) is 12.2. The maximum absolute atomic E-state index is 13.0. The number of fused-ring (bicyclic) bond motifs is 1. The molecule has 0 saturated carbocycles. The molecular weight excluding hydrogens is 396 g/mol. The van der Waals surface area contributed by atoms with E-state index in [1.807, 2.05) is 36.4 Å². The van der Waals surface area contributed by atoms with Gasteiger partial charge in [-0.3, -0.25) is 0 Å². The minimum atomic E-state index is -0.493. The Balaban J connectivity index is 2.17. The molecule has 0 saturated heterocycles. The highest BCUT2D eigenvalue weighted by Gasteiger charge is 2.31. The summed E-state index contributed by atoms with van der Waals surface area (Å²) in [4.78, 5) is 13.0. The molecule has 0 bridgehead atoms. The molecule has 0 aromatic heterocycles. The normalized spacial score (nSPS) is 13.1. The van der Waals surface area contributed by atoms with Crippen molar-refractivity contribution >= 4 is 16.7 Å². The lowest BCUT2D eigenvalue weighted by molar-refractivity contribution is 0.00252. The molecule has 0 aliphatic carbocycles. The van der Waals surface area contributed by atoms with Crippen LogP contribution < -0.4 is 0 Å². The van der Waals surface area contributed by atoms with Crippen LogP contribution in [0.5, 0.6) is 0 Å². The van der Waals surface area contributed by atoms with Gasteiger partial charge in [0.25, 0.3) is 0 Å². The van der Waals surface area contributed by atoms with E-state index in [0.717, 1.165) is 36.5 Å². The first-order valence-corrected chi connectivity index (χ1v) is 11.7. The molecule has 0 fully saturated rings. The second-order valence-corrected chi connectivity index (χ2v) is 9.37. The van der Waals surface area contributed by atoms with E-state index in [1.54, 1.807) is 6.07 Å². The van der Waals surface area contributed by atoms with Crippen molar-refractivity contribution in [2.24, 2.45) is 17.3 Å². The average Bonchev–Trinajstić information content (AvgIpc) is 2.78. The Morgan fingerprint density at radius 3 is 2.44 bits per heavy atom. The predicted molar refractivity (Wildman–Crippen MR) is 133 cm³/mol. The molecule has 0 radical (unpaired) electrons. The number of aliphatic hydroxyl groups is 1. The molecule has 0 spiro atoms. The lowest BCUT2D eigenvalue weighted by Gasteiger charge is -2.31. The van der Waals surface area contributed by atoms with Gasteiger partial charge in [0.15, 0.2) is 0 Å². The zero-order valence-electron chi connectivity index (χ0n) is 20.1. The standard InChI is InChI=1S/C29H38O3/c1-6-7-10-18-29(20-30,19-12-17-25(22(2)3)23(4)5)21-32-28(31)27-16-11-14-24-13-8-9-15-26(24)27/h1,8-9,11,13-17,22-23,30H,7,10,12,18-21H2,2-5H3/t29-/m1/s1. The number of hydrogen-bond donors (Lipinski definition) is 1. The number of benzene rings is 2. The van der Waals surface area contributed by atoms with Crippen molar-refractivity contribution in [2.45, 2.75) is 59.8 Å². The van der Waals surface area contributed by atoms with E-state index in [2.05, 4.69) is 39.7 Å². The van der Waals surface area contributed by atoms with Crippen molar-refractivity contribution in [1.82, 2.24) is 0 Å². The van der Waals surface area contributed by atoms with Gasteiger partial charge < -0.3 is 9.84 Å². The molecule has 0 aliphatic heterocycles. The fourth-order valence-electron chi connectivity index (χ4n) is 4.42.